The van der Waals surface area contributed by atoms with E-state index in [0.717, 1.165) is 6.07 Å². The number of likely N-dealkylation sites (tertiary alicyclic amines) is 1. The molecule has 5 rings (SSSR count). The topological polar surface area (TPSA) is 113 Å². The third-order valence-corrected chi connectivity index (χ3v) is 8.29. The van der Waals surface area contributed by atoms with Crippen LogP contribution in [-0.2, 0) is 6.18 Å². The molecule has 252 valence electrons. The second kappa shape index (κ2) is 14.1. The van der Waals surface area contributed by atoms with Crippen molar-refractivity contribution in [3.63, 3.8) is 0 Å². The van der Waals surface area contributed by atoms with Crippen LogP contribution in [0.2, 0.25) is 0 Å². The first-order valence-electron chi connectivity index (χ1n) is 15.4. The molecule has 3 aromatic rings. The number of methoxy groups -OCH3 is 1. The minimum absolute atomic E-state index is 0.0486. The SMILES string of the molecule is CCOc1ncccc1-c1ccc(N2CCN(C(=O)c3ccc(OC)nc3C(F)(F)F)C[C@H]2CC)c(C(=O)N[C@H]2CN(C)C[C@H]2F)n1. The van der Waals surface area contributed by atoms with Crippen molar-refractivity contribution in [3.8, 4) is 23.0 Å². The Balaban J connectivity index is 1.47. The minimum atomic E-state index is -4.87. The van der Waals surface area contributed by atoms with Gasteiger partial charge in [0.25, 0.3) is 11.8 Å². The zero-order valence-electron chi connectivity index (χ0n) is 26.6. The van der Waals surface area contributed by atoms with E-state index in [0.29, 0.717) is 42.4 Å². The molecule has 2 aliphatic rings. The summed E-state index contributed by atoms with van der Waals surface area (Å²) < 4.78 is 66.9. The Hall–Kier alpha value is -4.53. The second-order valence-electron chi connectivity index (χ2n) is 11.4. The first kappa shape index (κ1) is 33.8. The second-order valence-corrected chi connectivity index (χ2v) is 11.4. The maximum atomic E-state index is 14.7. The van der Waals surface area contributed by atoms with Gasteiger partial charge in [0.1, 0.15) is 6.17 Å². The number of halogens is 4. The number of rotatable bonds is 9. The molecule has 47 heavy (non-hydrogen) atoms. The normalized spacial score (nSPS) is 20.3. The number of hydrogen-bond acceptors (Lipinski definition) is 9. The van der Waals surface area contributed by atoms with Crippen molar-refractivity contribution in [1.82, 2.24) is 30.1 Å². The van der Waals surface area contributed by atoms with Crippen molar-refractivity contribution in [3.05, 3.63) is 59.5 Å². The maximum absolute atomic E-state index is 14.7. The van der Waals surface area contributed by atoms with Crippen molar-refractivity contribution in [2.24, 2.45) is 0 Å². The molecule has 15 heteroatoms. The number of nitrogens with zero attached hydrogens (tertiary/aromatic N) is 6. The predicted molar refractivity (Wildman–Crippen MR) is 165 cm³/mol. The Kier molecular flexibility index (Phi) is 10.1. The number of pyridine rings is 3. The summed E-state index contributed by atoms with van der Waals surface area (Å²) in [4.78, 5) is 44.9. The van der Waals surface area contributed by atoms with Gasteiger partial charge in [-0.05, 0) is 50.7 Å². The van der Waals surface area contributed by atoms with Gasteiger partial charge in [0.2, 0.25) is 11.8 Å². The number of hydrogen-bond donors (Lipinski definition) is 1. The third kappa shape index (κ3) is 7.24. The molecular formula is C32H37F4N7O4. The van der Waals surface area contributed by atoms with E-state index in [4.69, 9.17) is 14.5 Å². The summed E-state index contributed by atoms with van der Waals surface area (Å²) in [6.45, 7) is 4.94. The summed E-state index contributed by atoms with van der Waals surface area (Å²) in [5.41, 5.74) is -0.402. The molecule has 2 fully saturated rings. The molecule has 0 aromatic carbocycles. The van der Waals surface area contributed by atoms with E-state index in [2.05, 4.69) is 15.3 Å². The third-order valence-electron chi connectivity index (χ3n) is 8.29. The van der Waals surface area contributed by atoms with Gasteiger partial charge in [-0.3, -0.25) is 9.59 Å². The van der Waals surface area contributed by atoms with Crippen LogP contribution in [-0.4, -0.2) is 108 Å². The Bertz CT molecular complexity index is 1610. The monoisotopic (exact) mass is 659 g/mol. The van der Waals surface area contributed by atoms with E-state index in [1.54, 1.807) is 42.4 Å². The van der Waals surface area contributed by atoms with Gasteiger partial charge in [-0.1, -0.05) is 6.92 Å². The Morgan fingerprint density at radius 1 is 1.04 bits per heavy atom. The molecule has 5 heterocycles. The molecule has 2 amide bonds. The van der Waals surface area contributed by atoms with Gasteiger partial charge < -0.3 is 29.5 Å². The Morgan fingerprint density at radius 3 is 2.49 bits per heavy atom. The molecule has 0 aliphatic carbocycles. The van der Waals surface area contributed by atoms with Crippen molar-refractivity contribution in [1.29, 1.82) is 0 Å². The summed E-state index contributed by atoms with van der Waals surface area (Å²) in [7, 11) is 2.97. The van der Waals surface area contributed by atoms with Gasteiger partial charge in [-0.2, -0.15) is 13.2 Å². The van der Waals surface area contributed by atoms with Gasteiger partial charge in [0, 0.05) is 51.0 Å². The van der Waals surface area contributed by atoms with E-state index in [-0.39, 0.29) is 43.8 Å². The highest BCUT2D eigenvalue weighted by molar-refractivity contribution is 5.99. The number of anilines is 1. The number of piperazine rings is 1. The molecular weight excluding hydrogens is 622 g/mol. The average Bonchev–Trinajstić information content (AvgIpc) is 3.38. The summed E-state index contributed by atoms with van der Waals surface area (Å²) in [6.07, 6.45) is -4.05. The summed E-state index contributed by atoms with van der Waals surface area (Å²) in [5, 5.41) is 2.80. The Morgan fingerprint density at radius 2 is 1.83 bits per heavy atom. The summed E-state index contributed by atoms with van der Waals surface area (Å²) >= 11 is 0. The van der Waals surface area contributed by atoms with E-state index >= 15 is 0 Å². The fourth-order valence-corrected chi connectivity index (χ4v) is 5.98. The van der Waals surface area contributed by atoms with Gasteiger partial charge in [-0.25, -0.2) is 19.3 Å². The van der Waals surface area contributed by atoms with Crippen molar-refractivity contribution < 1.29 is 36.6 Å². The van der Waals surface area contributed by atoms with Crippen LogP contribution in [0.4, 0.5) is 23.2 Å². The quantitative estimate of drug-likeness (QED) is 0.340. The van der Waals surface area contributed by atoms with Gasteiger partial charge in [0.15, 0.2) is 11.4 Å². The molecule has 11 nitrogen and oxygen atoms in total. The summed E-state index contributed by atoms with van der Waals surface area (Å²) in [5.74, 6) is -1.29. The highest BCUT2D eigenvalue weighted by atomic mass is 19.4. The average molecular weight is 660 g/mol. The van der Waals surface area contributed by atoms with Crippen LogP contribution in [0.25, 0.3) is 11.3 Å². The summed E-state index contributed by atoms with van der Waals surface area (Å²) in [6, 6.07) is 8.14. The van der Waals surface area contributed by atoms with E-state index < -0.39 is 41.5 Å². The first-order valence-corrected chi connectivity index (χ1v) is 15.4. The van der Waals surface area contributed by atoms with Crippen LogP contribution in [0, 0.1) is 0 Å². The maximum Gasteiger partial charge on any atom is 0.434 e. The van der Waals surface area contributed by atoms with Crippen molar-refractivity contribution >= 4 is 17.5 Å². The largest absolute Gasteiger partial charge is 0.481 e. The number of amides is 2. The number of carbonyl (C=O) groups is 2. The molecule has 0 bridgehead atoms. The highest BCUT2D eigenvalue weighted by Crippen LogP contribution is 2.35. The number of nitrogens with one attached hydrogen (secondary N) is 1. The molecule has 3 aromatic heterocycles. The van der Waals surface area contributed by atoms with Crippen LogP contribution in [0.1, 0.15) is 46.8 Å². The van der Waals surface area contributed by atoms with Gasteiger partial charge in [-0.15, -0.1) is 0 Å². The van der Waals surface area contributed by atoms with Crippen LogP contribution in [0.3, 0.4) is 0 Å². The van der Waals surface area contributed by atoms with E-state index in [1.165, 1.54) is 18.1 Å². The lowest BCUT2D eigenvalue weighted by Crippen LogP contribution is -2.55. The van der Waals surface area contributed by atoms with Gasteiger partial charge in [0.05, 0.1) is 42.3 Å². The molecule has 0 radical (unpaired) electrons. The number of aromatic nitrogens is 3. The molecule has 0 spiro atoms. The smallest absolute Gasteiger partial charge is 0.434 e. The van der Waals surface area contributed by atoms with Crippen molar-refractivity contribution in [2.45, 2.75) is 44.7 Å². The molecule has 2 saturated heterocycles. The first-order chi connectivity index (χ1) is 22.4. The highest BCUT2D eigenvalue weighted by Gasteiger charge is 2.40. The van der Waals surface area contributed by atoms with Gasteiger partial charge >= 0.3 is 6.18 Å². The van der Waals surface area contributed by atoms with Crippen molar-refractivity contribution in [2.75, 3.05) is 58.4 Å². The van der Waals surface area contributed by atoms with Crippen LogP contribution < -0.4 is 19.7 Å². The Labute approximate surface area is 269 Å². The molecule has 1 N–H and O–H groups in total. The zero-order chi connectivity index (χ0) is 33.9. The fourth-order valence-electron chi connectivity index (χ4n) is 5.98. The number of ether oxygens (including phenoxy) is 2. The number of carbonyl (C=O) groups excluding carboxylic acids is 2. The number of alkyl halides is 4. The zero-order valence-corrected chi connectivity index (χ0v) is 26.6. The van der Waals surface area contributed by atoms with Crippen LogP contribution >= 0.6 is 0 Å². The van der Waals surface area contributed by atoms with E-state index in [9.17, 15) is 27.2 Å². The lowest BCUT2D eigenvalue weighted by Gasteiger charge is -2.43. The lowest BCUT2D eigenvalue weighted by molar-refractivity contribution is -0.141. The fraction of sp³-hybridized carbons (Fsp3) is 0.469. The standard InChI is InChI=1S/C32H37F4N7O4/c1-5-19-16-42(31(45)21-9-12-26(46-4)40-28(21)32(34,35)36)14-15-43(19)25-11-10-23(20-8-7-13-37-30(20)47-6-2)38-27(25)29(44)39-24-18-41(3)17-22(24)33/h7-13,19,22,24H,5-6,14-18H2,1-4H3,(H,39,44)/t19-,22-,24+/m1/s1. The minimum Gasteiger partial charge on any atom is -0.481 e. The molecule has 2 aliphatic heterocycles. The molecule has 3 atom stereocenters. The molecule has 0 saturated carbocycles. The number of likely N-dealkylation sites (N-methyl/N-ethyl adjacent to an activating group) is 1. The van der Waals surface area contributed by atoms with E-state index in [1.807, 2.05) is 18.7 Å². The van der Waals surface area contributed by atoms with Crippen LogP contribution in [0.5, 0.6) is 11.8 Å². The lowest BCUT2D eigenvalue weighted by atomic mass is 10.0. The van der Waals surface area contributed by atoms with Crippen LogP contribution in [0.15, 0.2) is 42.6 Å². The predicted octanol–water partition coefficient (Wildman–Crippen LogP) is 4.09. The molecule has 0 unspecified atom stereocenters.